The van der Waals surface area contributed by atoms with E-state index in [4.69, 9.17) is 0 Å². The molecule has 1 N–H and O–H groups in total. The van der Waals surface area contributed by atoms with E-state index in [0.717, 1.165) is 64.1 Å². The van der Waals surface area contributed by atoms with Crippen molar-refractivity contribution in [1.29, 1.82) is 0 Å². The molecule has 0 bridgehead atoms. The van der Waals surface area contributed by atoms with Gasteiger partial charge >= 0.3 is 0 Å². The molecule has 0 unspecified atom stereocenters. The summed E-state index contributed by atoms with van der Waals surface area (Å²) in [6.45, 7) is 4.25. The van der Waals surface area contributed by atoms with Crippen molar-refractivity contribution in [2.45, 2.75) is 39.5 Å². The third kappa shape index (κ3) is 2.93. The third-order valence-corrected chi connectivity index (χ3v) is 6.00. The summed E-state index contributed by atoms with van der Waals surface area (Å²) in [5, 5.41) is 7.93. The molecule has 8 heteroatoms. The molecule has 7 nitrogen and oxygen atoms in total. The number of fused-ring (bicyclic) bond motifs is 3. The third-order valence-electron chi connectivity index (χ3n) is 5.04. The second kappa shape index (κ2) is 6.63. The molecule has 28 heavy (non-hydrogen) atoms. The average Bonchev–Trinajstić information content (AvgIpc) is 3.27. The second-order valence-electron chi connectivity index (χ2n) is 7.27. The Bertz CT molecular complexity index is 1210. The number of hydrogen-bond donors (Lipinski definition) is 1. The Kier molecular flexibility index (Phi) is 4.08. The molecule has 1 fully saturated rings. The quantitative estimate of drug-likeness (QED) is 0.555. The number of amides is 1. The SMILES string of the molecule is CCCc1cc(C)c(-c2cc3nc(NC(=O)C4CC4)sc3n3ncnc23)cn1. The Hall–Kier alpha value is -2.87. The summed E-state index contributed by atoms with van der Waals surface area (Å²) in [4.78, 5) is 26.7. The van der Waals surface area contributed by atoms with Gasteiger partial charge in [0.1, 0.15) is 16.7 Å². The normalized spacial score (nSPS) is 14.1. The first kappa shape index (κ1) is 17.2. The highest BCUT2D eigenvalue weighted by atomic mass is 32.1. The van der Waals surface area contributed by atoms with E-state index in [1.165, 1.54) is 11.3 Å². The number of anilines is 1. The van der Waals surface area contributed by atoms with Crippen molar-refractivity contribution in [2.24, 2.45) is 5.92 Å². The van der Waals surface area contributed by atoms with Crippen LogP contribution in [-0.4, -0.2) is 30.5 Å². The Labute approximate surface area is 165 Å². The van der Waals surface area contributed by atoms with E-state index >= 15 is 0 Å². The van der Waals surface area contributed by atoms with E-state index in [0.29, 0.717) is 5.13 Å². The van der Waals surface area contributed by atoms with Gasteiger partial charge in [-0.3, -0.25) is 9.78 Å². The lowest BCUT2D eigenvalue weighted by Crippen LogP contribution is -2.12. The second-order valence-corrected chi connectivity index (χ2v) is 8.24. The summed E-state index contributed by atoms with van der Waals surface area (Å²) >= 11 is 1.42. The lowest BCUT2D eigenvalue weighted by Gasteiger charge is -2.09. The maximum Gasteiger partial charge on any atom is 0.229 e. The van der Waals surface area contributed by atoms with Gasteiger partial charge in [0.05, 0.1) is 0 Å². The van der Waals surface area contributed by atoms with Crippen LogP contribution in [0.15, 0.2) is 24.7 Å². The lowest BCUT2D eigenvalue weighted by atomic mass is 10.0. The Morgan fingerprint density at radius 3 is 2.89 bits per heavy atom. The van der Waals surface area contributed by atoms with E-state index in [2.05, 4.69) is 45.3 Å². The van der Waals surface area contributed by atoms with Crippen LogP contribution >= 0.6 is 11.3 Å². The predicted octanol–water partition coefficient (Wildman–Crippen LogP) is 4.01. The minimum absolute atomic E-state index is 0.0562. The van der Waals surface area contributed by atoms with E-state index in [-0.39, 0.29) is 11.8 Å². The number of thiazole rings is 1. The number of nitrogens with zero attached hydrogens (tertiary/aromatic N) is 5. The van der Waals surface area contributed by atoms with Gasteiger partial charge < -0.3 is 5.32 Å². The number of rotatable bonds is 5. The van der Waals surface area contributed by atoms with Crippen LogP contribution < -0.4 is 5.32 Å². The number of hydrogen-bond acceptors (Lipinski definition) is 6. The molecule has 142 valence electrons. The topological polar surface area (TPSA) is 85.1 Å². The van der Waals surface area contributed by atoms with Gasteiger partial charge in [-0.2, -0.15) is 5.10 Å². The molecule has 1 amide bonds. The first-order chi connectivity index (χ1) is 13.6. The minimum atomic E-state index is 0.0562. The fourth-order valence-electron chi connectivity index (χ4n) is 3.44. The molecule has 4 heterocycles. The minimum Gasteiger partial charge on any atom is -0.302 e. The molecule has 1 aliphatic carbocycles. The van der Waals surface area contributed by atoms with E-state index in [1.807, 2.05) is 12.3 Å². The van der Waals surface area contributed by atoms with Crippen LogP contribution in [0, 0.1) is 12.8 Å². The zero-order valence-corrected chi connectivity index (χ0v) is 16.6. The van der Waals surface area contributed by atoms with Gasteiger partial charge in [-0.15, -0.1) is 0 Å². The molecule has 0 spiro atoms. The summed E-state index contributed by atoms with van der Waals surface area (Å²) in [7, 11) is 0. The highest BCUT2D eigenvalue weighted by Crippen LogP contribution is 2.35. The molecule has 0 radical (unpaired) electrons. The van der Waals surface area contributed by atoms with Gasteiger partial charge in [-0.1, -0.05) is 24.7 Å². The van der Waals surface area contributed by atoms with Crippen molar-refractivity contribution in [3.63, 3.8) is 0 Å². The van der Waals surface area contributed by atoms with E-state index < -0.39 is 0 Å². The molecule has 0 aromatic carbocycles. The smallest absolute Gasteiger partial charge is 0.229 e. The Morgan fingerprint density at radius 1 is 1.29 bits per heavy atom. The highest BCUT2D eigenvalue weighted by Gasteiger charge is 2.30. The van der Waals surface area contributed by atoms with Crippen molar-refractivity contribution < 1.29 is 4.79 Å². The largest absolute Gasteiger partial charge is 0.302 e. The van der Waals surface area contributed by atoms with Crippen LogP contribution in [0.5, 0.6) is 0 Å². The molecule has 1 aliphatic rings. The van der Waals surface area contributed by atoms with E-state index in [9.17, 15) is 4.79 Å². The Balaban J connectivity index is 1.62. The number of aryl methyl sites for hydroxylation is 2. The zero-order valence-electron chi connectivity index (χ0n) is 15.8. The fraction of sp³-hybridized carbons (Fsp3) is 0.350. The van der Waals surface area contributed by atoms with Gasteiger partial charge in [0.2, 0.25) is 5.91 Å². The molecule has 5 rings (SSSR count). The van der Waals surface area contributed by atoms with Crippen molar-refractivity contribution >= 4 is 38.4 Å². The maximum absolute atomic E-state index is 12.1. The monoisotopic (exact) mass is 392 g/mol. The van der Waals surface area contributed by atoms with Crippen molar-refractivity contribution in [3.8, 4) is 11.1 Å². The first-order valence-corrected chi connectivity index (χ1v) is 10.4. The van der Waals surface area contributed by atoms with Crippen LogP contribution in [0.2, 0.25) is 0 Å². The van der Waals surface area contributed by atoms with Crippen LogP contribution in [-0.2, 0) is 11.2 Å². The molecular weight excluding hydrogens is 372 g/mol. The number of carbonyl (C=O) groups excluding carboxylic acids is 1. The van der Waals surface area contributed by atoms with Crippen LogP contribution in [0.3, 0.4) is 0 Å². The van der Waals surface area contributed by atoms with Crippen molar-refractivity contribution in [1.82, 2.24) is 24.6 Å². The predicted molar refractivity (Wildman–Crippen MR) is 109 cm³/mol. The van der Waals surface area contributed by atoms with E-state index in [1.54, 1.807) is 10.8 Å². The molecule has 0 aliphatic heterocycles. The molecule has 4 aromatic rings. The van der Waals surface area contributed by atoms with Crippen molar-refractivity contribution in [3.05, 3.63) is 35.9 Å². The van der Waals surface area contributed by atoms with Crippen LogP contribution in [0.25, 0.3) is 27.1 Å². The summed E-state index contributed by atoms with van der Waals surface area (Å²) in [5.41, 5.74) is 5.78. The molecule has 1 saturated carbocycles. The number of carbonyl (C=O) groups is 1. The van der Waals surface area contributed by atoms with Gasteiger partial charge in [0.15, 0.2) is 10.8 Å². The standard InChI is InChI=1S/C20H20N6OS/c1-3-4-13-7-11(2)15(9-21-13)14-8-16-19(26-17(14)22-10-23-26)28-20(24-16)25-18(27)12-5-6-12/h7-10,12H,3-6H2,1-2H3,(H,24,25,27). The van der Waals surface area contributed by atoms with Crippen LogP contribution in [0.4, 0.5) is 5.13 Å². The maximum atomic E-state index is 12.1. The number of aromatic nitrogens is 5. The number of pyridine rings is 2. The van der Waals surface area contributed by atoms with Gasteiger partial charge in [0, 0.05) is 28.9 Å². The summed E-state index contributed by atoms with van der Waals surface area (Å²) in [6, 6.07) is 4.16. The molecular formula is C20H20N6OS. The zero-order chi connectivity index (χ0) is 19.3. The summed E-state index contributed by atoms with van der Waals surface area (Å²) in [5.74, 6) is 0.199. The molecule has 4 aromatic heterocycles. The fourth-order valence-corrected chi connectivity index (χ4v) is 4.35. The molecule has 0 saturated heterocycles. The van der Waals surface area contributed by atoms with Crippen molar-refractivity contribution in [2.75, 3.05) is 5.32 Å². The summed E-state index contributed by atoms with van der Waals surface area (Å²) in [6.07, 6.45) is 7.44. The first-order valence-electron chi connectivity index (χ1n) is 9.54. The average molecular weight is 392 g/mol. The summed E-state index contributed by atoms with van der Waals surface area (Å²) < 4.78 is 1.80. The van der Waals surface area contributed by atoms with Gasteiger partial charge in [-0.05, 0) is 43.9 Å². The Morgan fingerprint density at radius 2 is 2.14 bits per heavy atom. The lowest BCUT2D eigenvalue weighted by molar-refractivity contribution is -0.117. The van der Waals surface area contributed by atoms with Gasteiger partial charge in [0.25, 0.3) is 0 Å². The highest BCUT2D eigenvalue weighted by molar-refractivity contribution is 7.22. The number of nitrogens with one attached hydrogen (secondary N) is 1. The molecule has 0 atom stereocenters. The van der Waals surface area contributed by atoms with Gasteiger partial charge in [-0.25, -0.2) is 14.5 Å². The van der Waals surface area contributed by atoms with Crippen LogP contribution in [0.1, 0.15) is 37.4 Å².